The van der Waals surface area contributed by atoms with E-state index in [1.165, 1.54) is 6.08 Å². The van der Waals surface area contributed by atoms with Crippen LogP contribution < -0.4 is 10.1 Å². The molecule has 3 nitrogen and oxygen atoms in total. The van der Waals surface area contributed by atoms with Gasteiger partial charge in [-0.05, 0) is 42.0 Å². The highest BCUT2D eigenvalue weighted by atomic mass is 35.5. The van der Waals surface area contributed by atoms with E-state index in [0.717, 1.165) is 5.56 Å². The number of carbonyl (C=O) groups is 1. The number of anilines is 1. The van der Waals surface area contributed by atoms with Crippen LogP contribution >= 0.6 is 11.6 Å². The zero-order valence-corrected chi connectivity index (χ0v) is 14.1. The summed E-state index contributed by atoms with van der Waals surface area (Å²) in [7, 11) is 0. The molecule has 0 bridgehead atoms. The van der Waals surface area contributed by atoms with Gasteiger partial charge in [0.05, 0.1) is 5.69 Å². The van der Waals surface area contributed by atoms with Crippen LogP contribution in [0.15, 0.2) is 84.9 Å². The summed E-state index contributed by atoms with van der Waals surface area (Å²) < 4.78 is 5.83. The zero-order chi connectivity index (χ0) is 17.5. The average molecular weight is 350 g/mol. The van der Waals surface area contributed by atoms with Gasteiger partial charge in [-0.25, -0.2) is 0 Å². The van der Waals surface area contributed by atoms with Crippen LogP contribution in [0.3, 0.4) is 0 Å². The van der Waals surface area contributed by atoms with Gasteiger partial charge in [-0.1, -0.05) is 60.1 Å². The third-order valence-electron chi connectivity index (χ3n) is 3.44. The standard InChI is InChI=1S/C21H16ClNO2/c22-18-11-5-4-8-16(18)14-15-21(24)23-19-12-6-7-13-20(19)25-17-9-2-1-3-10-17/h1-15H,(H,23,24). The molecule has 0 aromatic heterocycles. The minimum absolute atomic E-state index is 0.260. The van der Waals surface area contributed by atoms with Gasteiger partial charge >= 0.3 is 0 Å². The van der Waals surface area contributed by atoms with Crippen LogP contribution in [0.25, 0.3) is 6.08 Å². The number of halogens is 1. The normalized spacial score (nSPS) is 10.6. The molecule has 0 radical (unpaired) electrons. The fourth-order valence-electron chi connectivity index (χ4n) is 2.22. The van der Waals surface area contributed by atoms with E-state index in [9.17, 15) is 4.79 Å². The van der Waals surface area contributed by atoms with Gasteiger partial charge in [0, 0.05) is 11.1 Å². The minimum atomic E-state index is -0.260. The summed E-state index contributed by atoms with van der Waals surface area (Å²) in [6.45, 7) is 0. The second-order valence-electron chi connectivity index (χ2n) is 5.26. The largest absolute Gasteiger partial charge is 0.455 e. The Kier molecular flexibility index (Phi) is 5.50. The SMILES string of the molecule is O=C(C=Cc1ccccc1Cl)Nc1ccccc1Oc1ccccc1. The molecule has 1 amide bonds. The van der Waals surface area contributed by atoms with E-state index in [4.69, 9.17) is 16.3 Å². The summed E-state index contributed by atoms with van der Waals surface area (Å²) in [6.07, 6.45) is 3.12. The molecule has 3 rings (SSSR count). The molecule has 3 aromatic rings. The Hall–Kier alpha value is -3.04. The first-order chi connectivity index (χ1) is 12.2. The highest BCUT2D eigenvalue weighted by Crippen LogP contribution is 2.29. The monoisotopic (exact) mass is 349 g/mol. The first kappa shape index (κ1) is 16.8. The highest BCUT2D eigenvalue weighted by Gasteiger charge is 2.06. The van der Waals surface area contributed by atoms with Crippen molar-refractivity contribution in [1.82, 2.24) is 0 Å². The maximum atomic E-state index is 12.2. The van der Waals surface area contributed by atoms with Crippen molar-refractivity contribution < 1.29 is 9.53 Å². The van der Waals surface area contributed by atoms with E-state index in [-0.39, 0.29) is 5.91 Å². The van der Waals surface area contributed by atoms with Crippen LogP contribution in [0.1, 0.15) is 5.56 Å². The third-order valence-corrected chi connectivity index (χ3v) is 3.78. The Labute approximate surface area is 151 Å². The van der Waals surface area contributed by atoms with Gasteiger partial charge in [0.1, 0.15) is 5.75 Å². The first-order valence-electron chi connectivity index (χ1n) is 7.78. The lowest BCUT2D eigenvalue weighted by molar-refractivity contribution is -0.111. The van der Waals surface area contributed by atoms with Crippen molar-refractivity contribution >= 4 is 29.3 Å². The lowest BCUT2D eigenvalue weighted by atomic mass is 10.2. The van der Waals surface area contributed by atoms with E-state index in [1.807, 2.05) is 60.7 Å². The molecule has 0 aliphatic rings. The second-order valence-corrected chi connectivity index (χ2v) is 5.66. The average Bonchev–Trinajstić information content (AvgIpc) is 2.64. The molecule has 0 atom stereocenters. The Morgan fingerprint density at radius 3 is 2.36 bits per heavy atom. The van der Waals surface area contributed by atoms with Gasteiger partial charge in [0.2, 0.25) is 5.91 Å². The van der Waals surface area contributed by atoms with Crippen molar-refractivity contribution in [2.24, 2.45) is 0 Å². The molecule has 3 aromatic carbocycles. The van der Waals surface area contributed by atoms with Gasteiger partial charge < -0.3 is 10.1 Å². The molecule has 0 saturated carbocycles. The third kappa shape index (κ3) is 4.72. The van der Waals surface area contributed by atoms with E-state index >= 15 is 0 Å². The number of amides is 1. The Morgan fingerprint density at radius 1 is 0.880 bits per heavy atom. The van der Waals surface area contributed by atoms with Gasteiger partial charge in [0.25, 0.3) is 0 Å². The number of para-hydroxylation sites is 3. The molecule has 4 heteroatoms. The van der Waals surface area contributed by atoms with Crippen molar-refractivity contribution in [2.75, 3.05) is 5.32 Å². The summed E-state index contributed by atoms with van der Waals surface area (Å²) in [4.78, 5) is 12.2. The van der Waals surface area contributed by atoms with Crippen molar-refractivity contribution in [1.29, 1.82) is 0 Å². The maximum absolute atomic E-state index is 12.2. The molecule has 0 unspecified atom stereocenters. The predicted octanol–water partition coefficient (Wildman–Crippen LogP) is 5.78. The van der Waals surface area contributed by atoms with Gasteiger partial charge in [-0.2, -0.15) is 0 Å². The van der Waals surface area contributed by atoms with Crippen molar-refractivity contribution in [3.63, 3.8) is 0 Å². The van der Waals surface area contributed by atoms with Crippen molar-refractivity contribution in [3.8, 4) is 11.5 Å². The molecule has 0 aliphatic carbocycles. The molecule has 0 heterocycles. The smallest absolute Gasteiger partial charge is 0.248 e. The van der Waals surface area contributed by atoms with Crippen LogP contribution in [-0.2, 0) is 4.79 Å². The lowest BCUT2D eigenvalue weighted by Crippen LogP contribution is -2.08. The molecule has 0 spiro atoms. The van der Waals surface area contributed by atoms with E-state index < -0.39 is 0 Å². The van der Waals surface area contributed by atoms with Gasteiger partial charge in [-0.3, -0.25) is 4.79 Å². The molecule has 0 saturated heterocycles. The van der Waals surface area contributed by atoms with Gasteiger partial charge in [0.15, 0.2) is 5.75 Å². The van der Waals surface area contributed by atoms with Crippen LogP contribution in [-0.4, -0.2) is 5.91 Å². The van der Waals surface area contributed by atoms with Crippen LogP contribution in [0.5, 0.6) is 11.5 Å². The van der Waals surface area contributed by atoms with Crippen LogP contribution in [0.2, 0.25) is 5.02 Å². The van der Waals surface area contributed by atoms with Crippen LogP contribution in [0.4, 0.5) is 5.69 Å². The van der Waals surface area contributed by atoms with E-state index in [2.05, 4.69) is 5.32 Å². The number of hydrogen-bond acceptors (Lipinski definition) is 2. The molecule has 1 N–H and O–H groups in total. The number of benzene rings is 3. The molecule has 0 fully saturated rings. The van der Waals surface area contributed by atoms with Gasteiger partial charge in [-0.15, -0.1) is 0 Å². The molecular formula is C21H16ClNO2. The molecule has 25 heavy (non-hydrogen) atoms. The Morgan fingerprint density at radius 2 is 1.56 bits per heavy atom. The van der Waals surface area contributed by atoms with Crippen LogP contribution in [0, 0.1) is 0 Å². The summed E-state index contributed by atoms with van der Waals surface area (Å²) in [5, 5.41) is 3.42. The predicted molar refractivity (Wildman–Crippen MR) is 102 cm³/mol. The fourth-order valence-corrected chi connectivity index (χ4v) is 2.42. The number of ether oxygens (including phenoxy) is 1. The lowest BCUT2D eigenvalue weighted by Gasteiger charge is -2.11. The quantitative estimate of drug-likeness (QED) is 0.592. The summed E-state index contributed by atoms with van der Waals surface area (Å²) in [6, 6.07) is 24.0. The topological polar surface area (TPSA) is 38.3 Å². The number of nitrogens with one attached hydrogen (secondary N) is 1. The number of hydrogen-bond donors (Lipinski definition) is 1. The van der Waals surface area contributed by atoms with Crippen molar-refractivity contribution in [3.05, 3.63) is 95.5 Å². The maximum Gasteiger partial charge on any atom is 0.248 e. The summed E-state index contributed by atoms with van der Waals surface area (Å²) >= 11 is 6.08. The minimum Gasteiger partial charge on any atom is -0.455 e. The molecule has 124 valence electrons. The zero-order valence-electron chi connectivity index (χ0n) is 13.4. The molecular weight excluding hydrogens is 334 g/mol. The highest BCUT2D eigenvalue weighted by molar-refractivity contribution is 6.32. The Balaban J connectivity index is 1.72. The first-order valence-corrected chi connectivity index (χ1v) is 8.16. The molecule has 0 aliphatic heterocycles. The number of rotatable bonds is 5. The second kappa shape index (κ2) is 8.18. The fraction of sp³-hybridized carbons (Fsp3) is 0. The van der Waals surface area contributed by atoms with E-state index in [1.54, 1.807) is 24.3 Å². The van der Waals surface area contributed by atoms with Crippen molar-refractivity contribution in [2.45, 2.75) is 0 Å². The van der Waals surface area contributed by atoms with E-state index in [0.29, 0.717) is 22.2 Å². The number of carbonyl (C=O) groups excluding carboxylic acids is 1. The summed E-state index contributed by atoms with van der Waals surface area (Å²) in [5.41, 5.74) is 1.38. The summed E-state index contributed by atoms with van der Waals surface area (Å²) in [5.74, 6) is 1.02. The Bertz CT molecular complexity index is 891.